The van der Waals surface area contributed by atoms with Gasteiger partial charge < -0.3 is 4.74 Å². The Morgan fingerprint density at radius 1 is 1.40 bits per heavy atom. The highest BCUT2D eigenvalue weighted by atomic mass is 16.5. The zero-order valence-electron chi connectivity index (χ0n) is 8.77. The molecule has 3 nitrogen and oxygen atoms in total. The number of cyclic esters (lactones) is 1. The van der Waals surface area contributed by atoms with Gasteiger partial charge in [-0.3, -0.25) is 5.32 Å². The van der Waals surface area contributed by atoms with E-state index in [0.29, 0.717) is 6.61 Å². The molecule has 0 bridgehead atoms. The molecule has 1 aromatic carbocycles. The van der Waals surface area contributed by atoms with E-state index in [1.165, 1.54) is 0 Å². The van der Waals surface area contributed by atoms with E-state index in [1.807, 2.05) is 30.3 Å². The van der Waals surface area contributed by atoms with E-state index in [4.69, 9.17) is 4.74 Å². The topological polar surface area (TPSA) is 38.3 Å². The molecule has 0 saturated carbocycles. The molecule has 0 aliphatic carbocycles. The largest absolute Gasteiger partial charge is 0.463 e. The Labute approximate surface area is 89.4 Å². The third-order valence-corrected chi connectivity index (χ3v) is 2.69. The zero-order valence-corrected chi connectivity index (χ0v) is 8.77. The molecule has 1 aromatic rings. The zero-order chi connectivity index (χ0) is 10.7. The van der Waals surface area contributed by atoms with Crippen LogP contribution in [0.3, 0.4) is 0 Å². The Morgan fingerprint density at radius 3 is 2.80 bits per heavy atom. The van der Waals surface area contributed by atoms with Crippen molar-refractivity contribution in [2.24, 2.45) is 0 Å². The van der Waals surface area contributed by atoms with E-state index < -0.39 is 0 Å². The maximum absolute atomic E-state index is 11.6. The Balaban J connectivity index is 2.16. The summed E-state index contributed by atoms with van der Waals surface area (Å²) in [4.78, 5) is 11.6. The van der Waals surface area contributed by atoms with E-state index in [1.54, 1.807) is 0 Å². The van der Waals surface area contributed by atoms with Crippen LogP contribution in [0.1, 0.15) is 24.9 Å². The second-order valence-electron chi connectivity index (χ2n) is 3.75. The third-order valence-electron chi connectivity index (χ3n) is 2.69. The summed E-state index contributed by atoms with van der Waals surface area (Å²) in [5.41, 5.74) is 0.973. The predicted octanol–water partition coefficient (Wildman–Crippen LogP) is 1.65. The molecule has 15 heavy (non-hydrogen) atoms. The van der Waals surface area contributed by atoms with Gasteiger partial charge in [-0.25, -0.2) is 4.79 Å². The highest BCUT2D eigenvalue weighted by molar-refractivity contribution is 5.78. The molecule has 1 aliphatic heterocycles. The standard InChI is InChI=1S/C12H15NO2/c1-2-10-8-15-12(14)11(13-10)9-6-4-3-5-7-9/h3-7,10-11,13H,2,8H2,1H3/t10-,11-/m1/s1. The fourth-order valence-corrected chi connectivity index (χ4v) is 1.73. The van der Waals surface area contributed by atoms with Crippen LogP contribution in [0.25, 0.3) is 0 Å². The van der Waals surface area contributed by atoms with Crippen LogP contribution in [-0.2, 0) is 9.53 Å². The highest BCUT2D eigenvalue weighted by Gasteiger charge is 2.29. The molecular formula is C12H15NO2. The number of carbonyl (C=O) groups is 1. The van der Waals surface area contributed by atoms with Gasteiger partial charge in [0.05, 0.1) is 0 Å². The minimum Gasteiger partial charge on any atom is -0.463 e. The minimum absolute atomic E-state index is 0.175. The van der Waals surface area contributed by atoms with E-state index in [2.05, 4.69) is 12.2 Å². The summed E-state index contributed by atoms with van der Waals surface area (Å²) < 4.78 is 5.15. The van der Waals surface area contributed by atoms with Crippen molar-refractivity contribution in [2.75, 3.05) is 6.61 Å². The summed E-state index contributed by atoms with van der Waals surface area (Å²) in [5.74, 6) is -0.175. The lowest BCUT2D eigenvalue weighted by molar-refractivity contribution is -0.152. The van der Waals surface area contributed by atoms with Gasteiger partial charge in [0.2, 0.25) is 0 Å². The number of carbonyl (C=O) groups excluding carboxylic acids is 1. The van der Waals surface area contributed by atoms with Gasteiger partial charge in [-0.2, -0.15) is 0 Å². The molecule has 1 fully saturated rings. The molecule has 80 valence electrons. The summed E-state index contributed by atoms with van der Waals surface area (Å²) in [6.07, 6.45) is 0.969. The Morgan fingerprint density at radius 2 is 2.13 bits per heavy atom. The lowest BCUT2D eigenvalue weighted by atomic mass is 10.0. The van der Waals surface area contributed by atoms with Gasteiger partial charge in [0.25, 0.3) is 0 Å². The first kappa shape index (κ1) is 10.2. The van der Waals surface area contributed by atoms with Gasteiger partial charge >= 0.3 is 5.97 Å². The van der Waals surface area contributed by atoms with Gasteiger partial charge in [-0.1, -0.05) is 37.3 Å². The Kier molecular flexibility index (Phi) is 3.02. The van der Waals surface area contributed by atoms with Crippen molar-refractivity contribution in [3.05, 3.63) is 35.9 Å². The van der Waals surface area contributed by atoms with Crippen molar-refractivity contribution in [2.45, 2.75) is 25.4 Å². The normalized spacial score (nSPS) is 26.1. The number of rotatable bonds is 2. The van der Waals surface area contributed by atoms with Crippen LogP contribution < -0.4 is 5.32 Å². The molecule has 1 heterocycles. The number of hydrogen-bond acceptors (Lipinski definition) is 3. The van der Waals surface area contributed by atoms with Crippen molar-refractivity contribution in [3.8, 4) is 0 Å². The summed E-state index contributed by atoms with van der Waals surface area (Å²) in [6, 6.07) is 9.65. The molecule has 0 spiro atoms. The maximum atomic E-state index is 11.6. The first-order valence-corrected chi connectivity index (χ1v) is 5.29. The second-order valence-corrected chi connectivity index (χ2v) is 3.75. The molecule has 1 aliphatic rings. The number of benzene rings is 1. The molecular weight excluding hydrogens is 190 g/mol. The van der Waals surface area contributed by atoms with Gasteiger partial charge in [0.1, 0.15) is 12.6 Å². The first-order valence-electron chi connectivity index (χ1n) is 5.29. The molecule has 0 unspecified atom stereocenters. The minimum atomic E-state index is -0.301. The van der Waals surface area contributed by atoms with E-state index in [-0.39, 0.29) is 18.1 Å². The number of esters is 1. The van der Waals surface area contributed by atoms with Crippen LogP contribution in [0.15, 0.2) is 30.3 Å². The SMILES string of the molecule is CC[C@@H]1COC(=O)[C@@H](c2ccccc2)N1. The summed E-state index contributed by atoms with van der Waals surface area (Å²) in [7, 11) is 0. The van der Waals surface area contributed by atoms with Gasteiger partial charge in [0.15, 0.2) is 0 Å². The fraction of sp³-hybridized carbons (Fsp3) is 0.417. The van der Waals surface area contributed by atoms with Crippen LogP contribution in [-0.4, -0.2) is 18.6 Å². The maximum Gasteiger partial charge on any atom is 0.327 e. The molecule has 0 radical (unpaired) electrons. The van der Waals surface area contributed by atoms with Crippen LogP contribution in [0.4, 0.5) is 0 Å². The number of nitrogens with one attached hydrogen (secondary N) is 1. The number of ether oxygens (including phenoxy) is 1. The van der Waals surface area contributed by atoms with Crippen LogP contribution in [0.5, 0.6) is 0 Å². The smallest absolute Gasteiger partial charge is 0.327 e. The molecule has 1 N–H and O–H groups in total. The predicted molar refractivity (Wildman–Crippen MR) is 57.4 cm³/mol. The summed E-state index contributed by atoms with van der Waals surface area (Å²) in [5, 5.41) is 3.29. The van der Waals surface area contributed by atoms with Crippen molar-refractivity contribution >= 4 is 5.97 Å². The lowest BCUT2D eigenvalue weighted by Gasteiger charge is -2.29. The van der Waals surface area contributed by atoms with Crippen LogP contribution in [0.2, 0.25) is 0 Å². The molecule has 2 atom stereocenters. The lowest BCUT2D eigenvalue weighted by Crippen LogP contribution is -2.46. The van der Waals surface area contributed by atoms with E-state index in [0.717, 1.165) is 12.0 Å². The molecule has 1 saturated heterocycles. The fourth-order valence-electron chi connectivity index (χ4n) is 1.73. The van der Waals surface area contributed by atoms with Gasteiger partial charge in [-0.05, 0) is 12.0 Å². The van der Waals surface area contributed by atoms with Crippen molar-refractivity contribution in [1.29, 1.82) is 0 Å². The van der Waals surface area contributed by atoms with Crippen LogP contribution >= 0.6 is 0 Å². The van der Waals surface area contributed by atoms with E-state index >= 15 is 0 Å². The highest BCUT2D eigenvalue weighted by Crippen LogP contribution is 2.19. The number of morpholine rings is 1. The first-order chi connectivity index (χ1) is 7.31. The molecule has 0 amide bonds. The summed E-state index contributed by atoms with van der Waals surface area (Å²) in [6.45, 7) is 2.57. The second kappa shape index (κ2) is 4.45. The van der Waals surface area contributed by atoms with E-state index in [9.17, 15) is 4.79 Å². The molecule has 0 aromatic heterocycles. The third kappa shape index (κ3) is 2.18. The van der Waals surface area contributed by atoms with Crippen molar-refractivity contribution < 1.29 is 9.53 Å². The number of hydrogen-bond donors (Lipinski definition) is 1. The van der Waals surface area contributed by atoms with Gasteiger partial charge in [0, 0.05) is 6.04 Å². The average Bonchev–Trinajstić information content (AvgIpc) is 2.31. The molecule has 2 rings (SSSR count). The quantitative estimate of drug-likeness (QED) is 0.746. The average molecular weight is 205 g/mol. The van der Waals surface area contributed by atoms with Crippen LogP contribution in [0, 0.1) is 0 Å². The Bertz CT molecular complexity index is 337. The molecule has 3 heteroatoms. The summed E-state index contributed by atoms with van der Waals surface area (Å²) >= 11 is 0. The van der Waals surface area contributed by atoms with Crippen molar-refractivity contribution in [1.82, 2.24) is 5.32 Å². The van der Waals surface area contributed by atoms with Crippen molar-refractivity contribution in [3.63, 3.8) is 0 Å². The monoisotopic (exact) mass is 205 g/mol. The Hall–Kier alpha value is -1.35. The van der Waals surface area contributed by atoms with Gasteiger partial charge in [-0.15, -0.1) is 0 Å².